The first-order valence-corrected chi connectivity index (χ1v) is 8.05. The predicted octanol–water partition coefficient (Wildman–Crippen LogP) is 2.74. The van der Waals surface area contributed by atoms with Gasteiger partial charge < -0.3 is 10.2 Å². The molecule has 1 aliphatic rings. The maximum Gasteiger partial charge on any atom is 0.195 e. The minimum atomic E-state index is 0.830. The third kappa shape index (κ3) is 2.37. The van der Waals surface area contributed by atoms with Crippen LogP contribution in [0.3, 0.4) is 0 Å². The molecule has 0 aromatic carbocycles. The summed E-state index contributed by atoms with van der Waals surface area (Å²) in [6.45, 7) is 5.49. The van der Waals surface area contributed by atoms with Crippen LogP contribution in [-0.2, 0) is 6.54 Å². The molecule has 2 aromatic heterocycles. The fraction of sp³-hybridized carbons (Fsp3) is 0.643. The maximum atomic E-state index is 4.85. The Morgan fingerprint density at radius 3 is 3.21 bits per heavy atom. The quantitative estimate of drug-likeness (QED) is 0.933. The van der Waals surface area contributed by atoms with Gasteiger partial charge >= 0.3 is 0 Å². The lowest BCUT2D eigenvalue weighted by Crippen LogP contribution is -2.36. The number of aromatic nitrogens is 2. The highest BCUT2D eigenvalue weighted by Crippen LogP contribution is 2.29. The summed E-state index contributed by atoms with van der Waals surface area (Å²) in [7, 11) is 2.00. The van der Waals surface area contributed by atoms with Gasteiger partial charge in [-0.2, -0.15) is 0 Å². The van der Waals surface area contributed by atoms with Crippen molar-refractivity contribution in [3.05, 3.63) is 17.3 Å². The summed E-state index contributed by atoms with van der Waals surface area (Å²) in [5.74, 6) is 2.02. The molecule has 3 rings (SSSR count). The smallest absolute Gasteiger partial charge is 0.195 e. The van der Waals surface area contributed by atoms with E-state index in [1.54, 1.807) is 11.3 Å². The first-order chi connectivity index (χ1) is 9.33. The Bertz CT molecular complexity index is 545. The van der Waals surface area contributed by atoms with Crippen LogP contribution in [0.5, 0.6) is 0 Å². The van der Waals surface area contributed by atoms with Crippen molar-refractivity contribution in [2.45, 2.75) is 32.7 Å². The molecule has 0 spiro atoms. The molecule has 4 nitrogen and oxygen atoms in total. The van der Waals surface area contributed by atoms with Crippen molar-refractivity contribution in [3.8, 4) is 0 Å². The number of rotatable bonds is 4. The lowest BCUT2D eigenvalue weighted by atomic mass is 9.95. The van der Waals surface area contributed by atoms with Crippen LogP contribution in [0.4, 0.5) is 5.82 Å². The van der Waals surface area contributed by atoms with Crippen LogP contribution < -0.4 is 10.2 Å². The Kier molecular flexibility index (Phi) is 3.75. The Morgan fingerprint density at radius 1 is 1.53 bits per heavy atom. The molecule has 104 valence electrons. The summed E-state index contributed by atoms with van der Waals surface area (Å²) in [6, 6.07) is 0. The Labute approximate surface area is 118 Å². The van der Waals surface area contributed by atoms with Crippen molar-refractivity contribution in [3.63, 3.8) is 0 Å². The van der Waals surface area contributed by atoms with Gasteiger partial charge in [-0.25, -0.2) is 4.98 Å². The van der Waals surface area contributed by atoms with Crippen LogP contribution in [0, 0.1) is 5.92 Å². The summed E-state index contributed by atoms with van der Waals surface area (Å²) in [5, 5.41) is 5.38. The van der Waals surface area contributed by atoms with E-state index in [2.05, 4.69) is 33.1 Å². The van der Waals surface area contributed by atoms with E-state index in [9.17, 15) is 0 Å². The highest BCUT2D eigenvalue weighted by Gasteiger charge is 2.24. The highest BCUT2D eigenvalue weighted by molar-refractivity contribution is 7.15. The predicted molar refractivity (Wildman–Crippen MR) is 81.1 cm³/mol. The zero-order valence-electron chi connectivity index (χ0n) is 11.7. The van der Waals surface area contributed by atoms with E-state index in [0.717, 1.165) is 30.5 Å². The van der Waals surface area contributed by atoms with E-state index in [1.165, 1.54) is 30.8 Å². The fourth-order valence-corrected chi connectivity index (χ4v) is 3.72. The molecule has 1 aliphatic heterocycles. The number of hydrogen-bond acceptors (Lipinski definition) is 4. The second kappa shape index (κ2) is 5.51. The minimum absolute atomic E-state index is 0.830. The third-order valence-electron chi connectivity index (χ3n) is 4.08. The van der Waals surface area contributed by atoms with Gasteiger partial charge in [-0.05, 0) is 25.8 Å². The standard InChI is InChI=1S/C14H22N4S/c1-3-11-5-4-6-17(10-11)13-12(9-15-2)18-7-8-19-14(18)16-13/h7-8,11,15H,3-6,9-10H2,1-2H3. The second-order valence-corrected chi connectivity index (χ2v) is 6.20. The maximum absolute atomic E-state index is 4.85. The largest absolute Gasteiger partial charge is 0.355 e. The van der Waals surface area contributed by atoms with Gasteiger partial charge in [0.15, 0.2) is 10.8 Å². The van der Waals surface area contributed by atoms with Gasteiger partial charge in [0.2, 0.25) is 0 Å². The van der Waals surface area contributed by atoms with Gasteiger partial charge in [0.25, 0.3) is 0 Å². The SMILES string of the molecule is CCC1CCCN(c2nc3sccn3c2CNC)C1. The van der Waals surface area contributed by atoms with Crippen molar-refractivity contribution < 1.29 is 0 Å². The van der Waals surface area contributed by atoms with E-state index in [-0.39, 0.29) is 0 Å². The van der Waals surface area contributed by atoms with Gasteiger partial charge in [-0.1, -0.05) is 13.3 Å². The number of piperidine rings is 1. The van der Waals surface area contributed by atoms with Gasteiger partial charge in [0, 0.05) is 31.2 Å². The zero-order chi connectivity index (χ0) is 13.2. The number of nitrogens with one attached hydrogen (secondary N) is 1. The lowest BCUT2D eigenvalue weighted by molar-refractivity contribution is 0.402. The van der Waals surface area contributed by atoms with Crippen LogP contribution in [-0.4, -0.2) is 29.5 Å². The lowest BCUT2D eigenvalue weighted by Gasteiger charge is -2.33. The molecule has 1 fully saturated rings. The fourth-order valence-electron chi connectivity index (χ4n) is 3.00. The van der Waals surface area contributed by atoms with Crippen molar-refractivity contribution in [1.82, 2.24) is 14.7 Å². The molecular formula is C14H22N4S. The van der Waals surface area contributed by atoms with Crippen LogP contribution in [0.15, 0.2) is 11.6 Å². The summed E-state index contributed by atoms with van der Waals surface area (Å²) >= 11 is 1.72. The van der Waals surface area contributed by atoms with E-state index >= 15 is 0 Å². The molecule has 0 radical (unpaired) electrons. The van der Waals surface area contributed by atoms with E-state index in [4.69, 9.17) is 4.98 Å². The summed E-state index contributed by atoms with van der Waals surface area (Å²) < 4.78 is 2.23. The molecule has 3 heterocycles. The molecule has 5 heteroatoms. The molecule has 1 unspecified atom stereocenters. The van der Waals surface area contributed by atoms with Crippen LogP contribution in [0.25, 0.3) is 4.96 Å². The van der Waals surface area contributed by atoms with Gasteiger partial charge in [0.1, 0.15) is 0 Å². The summed E-state index contributed by atoms with van der Waals surface area (Å²) in [5.41, 5.74) is 1.30. The van der Waals surface area contributed by atoms with Crippen molar-refractivity contribution in [2.75, 3.05) is 25.0 Å². The zero-order valence-corrected chi connectivity index (χ0v) is 12.5. The molecule has 1 N–H and O–H groups in total. The van der Waals surface area contributed by atoms with Crippen LogP contribution in [0.1, 0.15) is 31.9 Å². The summed E-state index contributed by atoms with van der Waals surface area (Å²) in [6.07, 6.45) is 6.07. The Balaban J connectivity index is 1.94. The Morgan fingerprint density at radius 2 is 2.42 bits per heavy atom. The first kappa shape index (κ1) is 12.9. The first-order valence-electron chi connectivity index (χ1n) is 7.17. The van der Waals surface area contributed by atoms with Gasteiger partial charge in [0.05, 0.1) is 5.69 Å². The van der Waals surface area contributed by atoms with Gasteiger partial charge in [-0.15, -0.1) is 11.3 Å². The van der Waals surface area contributed by atoms with Crippen LogP contribution >= 0.6 is 11.3 Å². The molecule has 0 amide bonds. The average molecular weight is 278 g/mol. The monoisotopic (exact) mass is 278 g/mol. The van der Waals surface area contributed by atoms with Crippen molar-refractivity contribution in [2.24, 2.45) is 5.92 Å². The second-order valence-electron chi connectivity index (χ2n) is 5.33. The Hall–Kier alpha value is -1.07. The van der Waals surface area contributed by atoms with Crippen molar-refractivity contribution >= 4 is 22.1 Å². The average Bonchev–Trinajstić information content (AvgIpc) is 3.02. The number of anilines is 1. The van der Waals surface area contributed by atoms with E-state index < -0.39 is 0 Å². The van der Waals surface area contributed by atoms with E-state index in [1.807, 2.05) is 7.05 Å². The van der Waals surface area contributed by atoms with Crippen LogP contribution in [0.2, 0.25) is 0 Å². The molecule has 1 saturated heterocycles. The normalized spacial score (nSPS) is 20.3. The molecular weight excluding hydrogens is 256 g/mol. The minimum Gasteiger partial charge on any atom is -0.355 e. The summed E-state index contributed by atoms with van der Waals surface area (Å²) in [4.78, 5) is 8.45. The topological polar surface area (TPSA) is 32.6 Å². The van der Waals surface area contributed by atoms with E-state index in [0.29, 0.717) is 0 Å². The van der Waals surface area contributed by atoms with Crippen molar-refractivity contribution in [1.29, 1.82) is 0 Å². The molecule has 0 bridgehead atoms. The number of imidazole rings is 1. The number of nitrogens with zero attached hydrogens (tertiary/aromatic N) is 3. The highest BCUT2D eigenvalue weighted by atomic mass is 32.1. The number of thiazole rings is 1. The molecule has 1 atom stereocenters. The molecule has 0 saturated carbocycles. The number of fused-ring (bicyclic) bond motifs is 1. The molecule has 19 heavy (non-hydrogen) atoms. The third-order valence-corrected chi connectivity index (χ3v) is 4.84. The van der Waals surface area contributed by atoms with Gasteiger partial charge in [-0.3, -0.25) is 4.40 Å². The number of hydrogen-bond donors (Lipinski definition) is 1. The molecule has 0 aliphatic carbocycles. The molecule has 2 aromatic rings.